The van der Waals surface area contributed by atoms with Crippen molar-refractivity contribution in [3.05, 3.63) is 70.1 Å². The van der Waals surface area contributed by atoms with Crippen LogP contribution in [0.15, 0.2) is 48.8 Å². The number of benzene rings is 1. The van der Waals surface area contributed by atoms with Crippen LogP contribution in [0.2, 0.25) is 10.0 Å². The standard InChI is InChI=1S/C21H20Cl2N4O4/c1-11(21(30)31)26-19-7-15(16(23)9-25-19)13-6-17(24-8-13)20(29)27-18(10-28)12-3-2-4-14(22)5-12/h2-9,11,18,24,28H,10H2,1H3,(H,25,26)(H,27,29)(H,30,31)/t11-,18+/m0/s1. The summed E-state index contributed by atoms with van der Waals surface area (Å²) < 4.78 is 0. The van der Waals surface area contributed by atoms with E-state index in [1.807, 2.05) is 0 Å². The Labute approximate surface area is 188 Å². The molecule has 0 spiro atoms. The second-order valence-corrected chi connectivity index (χ2v) is 7.66. The van der Waals surface area contributed by atoms with Crippen LogP contribution in [-0.4, -0.2) is 44.7 Å². The SMILES string of the molecule is C[C@H](Nc1cc(-c2c[nH]c(C(=O)N[C@H](CO)c3cccc(Cl)c3)c2)c(Cl)cn1)C(=O)O. The molecule has 3 aromatic rings. The minimum Gasteiger partial charge on any atom is -0.480 e. The van der Waals surface area contributed by atoms with Gasteiger partial charge in [0.1, 0.15) is 17.6 Å². The molecule has 5 N–H and O–H groups in total. The van der Waals surface area contributed by atoms with Gasteiger partial charge in [-0.3, -0.25) is 9.59 Å². The highest BCUT2D eigenvalue weighted by Crippen LogP contribution is 2.30. The first-order valence-electron chi connectivity index (χ1n) is 9.29. The fourth-order valence-corrected chi connectivity index (χ4v) is 3.31. The molecule has 0 aliphatic heterocycles. The predicted octanol–water partition coefficient (Wildman–Crippen LogP) is 3.73. The minimum absolute atomic E-state index is 0.261. The summed E-state index contributed by atoms with van der Waals surface area (Å²) in [6.07, 6.45) is 3.01. The van der Waals surface area contributed by atoms with Crippen LogP contribution in [0.3, 0.4) is 0 Å². The topological polar surface area (TPSA) is 127 Å². The molecule has 0 saturated carbocycles. The van der Waals surface area contributed by atoms with Gasteiger partial charge in [0.05, 0.1) is 17.7 Å². The van der Waals surface area contributed by atoms with Crippen LogP contribution < -0.4 is 10.6 Å². The van der Waals surface area contributed by atoms with Crippen molar-refractivity contribution in [2.75, 3.05) is 11.9 Å². The molecule has 0 saturated heterocycles. The van der Waals surface area contributed by atoms with Crippen molar-refractivity contribution in [3.8, 4) is 11.1 Å². The molecule has 162 valence electrons. The van der Waals surface area contributed by atoms with E-state index in [1.54, 1.807) is 42.6 Å². The number of carboxylic acids is 1. The van der Waals surface area contributed by atoms with Crippen molar-refractivity contribution in [2.45, 2.75) is 19.0 Å². The monoisotopic (exact) mass is 462 g/mol. The number of carbonyl (C=O) groups excluding carboxylic acids is 1. The van der Waals surface area contributed by atoms with E-state index in [-0.39, 0.29) is 12.3 Å². The molecule has 31 heavy (non-hydrogen) atoms. The number of nitrogens with one attached hydrogen (secondary N) is 3. The maximum Gasteiger partial charge on any atom is 0.325 e. The van der Waals surface area contributed by atoms with Gasteiger partial charge in [0, 0.05) is 28.5 Å². The van der Waals surface area contributed by atoms with Gasteiger partial charge in [-0.1, -0.05) is 35.3 Å². The van der Waals surface area contributed by atoms with E-state index in [2.05, 4.69) is 20.6 Å². The Morgan fingerprint density at radius 1 is 1.23 bits per heavy atom. The summed E-state index contributed by atoms with van der Waals surface area (Å²) in [5.41, 5.74) is 2.12. The van der Waals surface area contributed by atoms with Gasteiger partial charge in [-0.05, 0) is 36.8 Å². The molecule has 2 atom stereocenters. The number of carbonyl (C=O) groups is 2. The van der Waals surface area contributed by atoms with Crippen molar-refractivity contribution in [3.63, 3.8) is 0 Å². The van der Waals surface area contributed by atoms with E-state index in [0.29, 0.717) is 32.6 Å². The lowest BCUT2D eigenvalue weighted by Crippen LogP contribution is -2.31. The zero-order chi connectivity index (χ0) is 22.5. The summed E-state index contributed by atoms with van der Waals surface area (Å²) in [5, 5.41) is 25.1. The van der Waals surface area contributed by atoms with Crippen LogP contribution in [0.4, 0.5) is 5.82 Å². The first-order valence-corrected chi connectivity index (χ1v) is 10.0. The highest BCUT2D eigenvalue weighted by atomic mass is 35.5. The van der Waals surface area contributed by atoms with Crippen molar-refractivity contribution in [1.82, 2.24) is 15.3 Å². The van der Waals surface area contributed by atoms with E-state index in [0.717, 1.165) is 0 Å². The molecule has 10 heteroatoms. The highest BCUT2D eigenvalue weighted by molar-refractivity contribution is 6.33. The number of anilines is 1. The number of hydrogen-bond donors (Lipinski definition) is 5. The van der Waals surface area contributed by atoms with Crippen LogP contribution >= 0.6 is 23.2 Å². The highest BCUT2D eigenvalue weighted by Gasteiger charge is 2.18. The van der Waals surface area contributed by atoms with Gasteiger partial charge >= 0.3 is 5.97 Å². The fourth-order valence-electron chi connectivity index (χ4n) is 2.90. The van der Waals surface area contributed by atoms with Crippen molar-refractivity contribution in [1.29, 1.82) is 0 Å². The number of aliphatic carboxylic acids is 1. The van der Waals surface area contributed by atoms with Crippen LogP contribution in [0, 0.1) is 0 Å². The Morgan fingerprint density at radius 2 is 2.00 bits per heavy atom. The first-order chi connectivity index (χ1) is 14.8. The molecule has 1 amide bonds. The Balaban J connectivity index is 1.79. The van der Waals surface area contributed by atoms with Gasteiger partial charge in [0.2, 0.25) is 0 Å². The number of aromatic nitrogens is 2. The minimum atomic E-state index is -1.02. The molecule has 0 radical (unpaired) electrons. The van der Waals surface area contributed by atoms with Gasteiger partial charge < -0.3 is 25.8 Å². The second kappa shape index (κ2) is 9.82. The van der Waals surface area contributed by atoms with Crippen LogP contribution in [0.5, 0.6) is 0 Å². The number of aliphatic hydroxyl groups excluding tert-OH is 1. The number of halogens is 2. The van der Waals surface area contributed by atoms with E-state index < -0.39 is 24.0 Å². The second-order valence-electron chi connectivity index (χ2n) is 6.82. The Hall–Kier alpha value is -3.07. The maximum atomic E-state index is 12.7. The summed E-state index contributed by atoms with van der Waals surface area (Å²) in [6.45, 7) is 1.20. The summed E-state index contributed by atoms with van der Waals surface area (Å²) in [5.74, 6) is -1.10. The molecule has 2 heterocycles. The largest absolute Gasteiger partial charge is 0.480 e. The van der Waals surface area contributed by atoms with Gasteiger partial charge in [0.25, 0.3) is 5.91 Å². The third kappa shape index (κ3) is 5.55. The van der Waals surface area contributed by atoms with Crippen LogP contribution in [0.1, 0.15) is 29.0 Å². The molecule has 2 aromatic heterocycles. The molecule has 1 aromatic carbocycles. The molecule has 3 rings (SSSR count). The quantitative estimate of drug-likeness (QED) is 0.347. The van der Waals surface area contributed by atoms with Gasteiger partial charge in [-0.15, -0.1) is 0 Å². The van der Waals surface area contributed by atoms with Crippen molar-refractivity contribution < 1.29 is 19.8 Å². The molecule has 0 aliphatic rings. The molecule has 8 nitrogen and oxygen atoms in total. The van der Waals surface area contributed by atoms with Crippen molar-refractivity contribution >= 4 is 40.9 Å². The van der Waals surface area contributed by atoms with E-state index >= 15 is 0 Å². The molecular formula is C21H20Cl2N4O4. The van der Waals surface area contributed by atoms with Crippen molar-refractivity contribution in [2.24, 2.45) is 0 Å². The lowest BCUT2D eigenvalue weighted by atomic mass is 10.1. The Morgan fingerprint density at radius 3 is 2.68 bits per heavy atom. The van der Waals surface area contributed by atoms with E-state index in [9.17, 15) is 14.7 Å². The average Bonchev–Trinajstić information content (AvgIpc) is 3.23. The van der Waals surface area contributed by atoms with E-state index in [4.69, 9.17) is 28.3 Å². The van der Waals surface area contributed by atoms with Gasteiger partial charge in [-0.25, -0.2) is 4.98 Å². The number of rotatable bonds is 8. The fraction of sp³-hybridized carbons (Fsp3) is 0.190. The summed E-state index contributed by atoms with van der Waals surface area (Å²) in [6, 6.07) is 8.62. The Kier molecular flexibility index (Phi) is 7.17. The summed E-state index contributed by atoms with van der Waals surface area (Å²) >= 11 is 12.2. The molecule has 0 unspecified atom stereocenters. The number of aliphatic hydroxyl groups is 1. The number of aromatic amines is 1. The number of nitrogens with zero attached hydrogens (tertiary/aromatic N) is 1. The number of hydrogen-bond acceptors (Lipinski definition) is 5. The van der Waals surface area contributed by atoms with Gasteiger partial charge in [0.15, 0.2) is 0 Å². The molecular weight excluding hydrogens is 443 g/mol. The van der Waals surface area contributed by atoms with Crippen LogP contribution in [-0.2, 0) is 4.79 Å². The molecule has 0 fully saturated rings. The summed E-state index contributed by atoms with van der Waals surface area (Å²) in [4.78, 5) is 30.7. The molecule has 0 bridgehead atoms. The number of pyridine rings is 1. The maximum absolute atomic E-state index is 12.7. The third-order valence-electron chi connectivity index (χ3n) is 4.57. The normalized spacial score (nSPS) is 12.8. The first kappa shape index (κ1) is 22.6. The zero-order valence-electron chi connectivity index (χ0n) is 16.4. The number of amides is 1. The predicted molar refractivity (Wildman–Crippen MR) is 118 cm³/mol. The Bertz CT molecular complexity index is 1100. The lowest BCUT2D eigenvalue weighted by molar-refractivity contribution is -0.137. The zero-order valence-corrected chi connectivity index (χ0v) is 17.9. The van der Waals surface area contributed by atoms with Crippen LogP contribution in [0.25, 0.3) is 11.1 Å². The van der Waals surface area contributed by atoms with E-state index in [1.165, 1.54) is 13.1 Å². The smallest absolute Gasteiger partial charge is 0.325 e. The summed E-state index contributed by atoms with van der Waals surface area (Å²) in [7, 11) is 0. The lowest BCUT2D eigenvalue weighted by Gasteiger charge is -2.16. The average molecular weight is 463 g/mol. The number of H-pyrrole nitrogens is 1. The molecule has 0 aliphatic carbocycles. The third-order valence-corrected chi connectivity index (χ3v) is 5.10. The van der Waals surface area contributed by atoms with Gasteiger partial charge in [-0.2, -0.15) is 0 Å². The number of carboxylic acid groups (broad SMARTS) is 1.